The fourth-order valence-corrected chi connectivity index (χ4v) is 3.93. The van der Waals surface area contributed by atoms with Crippen LogP contribution in [0.5, 0.6) is 0 Å². The van der Waals surface area contributed by atoms with Gasteiger partial charge >= 0.3 is 5.97 Å². The SMILES string of the molecule is CS(=O)(=O)c1ccc(C(=O)NCC(Cc2ccccc2)C(=O)O)s1. The number of carbonyl (C=O) groups excluding carboxylic acids is 1. The van der Waals surface area contributed by atoms with Gasteiger partial charge in [0.25, 0.3) is 5.91 Å². The van der Waals surface area contributed by atoms with Gasteiger partial charge in [-0.05, 0) is 24.1 Å². The number of hydrogen-bond donors (Lipinski definition) is 2. The molecule has 0 bridgehead atoms. The van der Waals surface area contributed by atoms with E-state index in [4.69, 9.17) is 0 Å². The van der Waals surface area contributed by atoms with E-state index in [9.17, 15) is 23.1 Å². The number of amides is 1. The van der Waals surface area contributed by atoms with Gasteiger partial charge in [0.1, 0.15) is 4.21 Å². The Balaban J connectivity index is 2.00. The number of carboxylic acids is 1. The Morgan fingerprint density at radius 1 is 1.17 bits per heavy atom. The lowest BCUT2D eigenvalue weighted by molar-refractivity contribution is -0.141. The minimum absolute atomic E-state index is 0.0326. The molecule has 1 heterocycles. The molecule has 1 atom stereocenters. The number of benzene rings is 1. The molecule has 24 heavy (non-hydrogen) atoms. The summed E-state index contributed by atoms with van der Waals surface area (Å²) in [6.07, 6.45) is 1.37. The predicted octanol–water partition coefficient (Wildman–Crippen LogP) is 1.82. The van der Waals surface area contributed by atoms with Crippen molar-refractivity contribution in [1.29, 1.82) is 0 Å². The molecule has 1 aromatic heterocycles. The van der Waals surface area contributed by atoms with Crippen LogP contribution in [0.1, 0.15) is 15.2 Å². The highest BCUT2D eigenvalue weighted by molar-refractivity contribution is 7.92. The van der Waals surface area contributed by atoms with E-state index in [1.807, 2.05) is 30.3 Å². The van der Waals surface area contributed by atoms with Gasteiger partial charge in [0.15, 0.2) is 9.84 Å². The quantitative estimate of drug-likeness (QED) is 0.777. The standard InChI is InChI=1S/C16H17NO5S2/c1-24(21,22)14-8-7-13(23-14)15(18)17-10-12(16(19)20)9-11-5-3-2-4-6-11/h2-8,12H,9-10H2,1H3,(H,17,18)(H,19,20). The zero-order valence-electron chi connectivity index (χ0n) is 12.9. The Hall–Kier alpha value is -2.19. The number of carbonyl (C=O) groups is 2. The van der Waals surface area contributed by atoms with Gasteiger partial charge in [-0.1, -0.05) is 30.3 Å². The van der Waals surface area contributed by atoms with E-state index in [2.05, 4.69) is 5.32 Å². The number of aliphatic carboxylic acids is 1. The van der Waals surface area contributed by atoms with Crippen molar-refractivity contribution in [2.75, 3.05) is 12.8 Å². The van der Waals surface area contributed by atoms with Crippen molar-refractivity contribution in [1.82, 2.24) is 5.32 Å². The van der Waals surface area contributed by atoms with Crippen molar-refractivity contribution < 1.29 is 23.1 Å². The van der Waals surface area contributed by atoms with Crippen LogP contribution in [0, 0.1) is 5.92 Å². The van der Waals surface area contributed by atoms with Crippen molar-refractivity contribution in [3.05, 3.63) is 52.9 Å². The van der Waals surface area contributed by atoms with Crippen LogP contribution in [-0.2, 0) is 21.1 Å². The fourth-order valence-electron chi connectivity index (χ4n) is 2.09. The van der Waals surface area contributed by atoms with Crippen molar-refractivity contribution in [3.63, 3.8) is 0 Å². The first-order valence-electron chi connectivity index (χ1n) is 7.12. The maximum Gasteiger partial charge on any atom is 0.308 e. The average Bonchev–Trinajstić information content (AvgIpc) is 3.02. The Morgan fingerprint density at radius 3 is 2.38 bits per heavy atom. The van der Waals surface area contributed by atoms with Crippen LogP contribution in [0.15, 0.2) is 46.7 Å². The molecule has 0 aliphatic rings. The number of nitrogens with one attached hydrogen (secondary N) is 1. The summed E-state index contributed by atoms with van der Waals surface area (Å²) in [6, 6.07) is 11.9. The summed E-state index contributed by atoms with van der Waals surface area (Å²) in [4.78, 5) is 23.7. The third-order valence-corrected chi connectivity index (χ3v) is 6.26. The molecule has 0 saturated carbocycles. The minimum atomic E-state index is -3.36. The smallest absolute Gasteiger partial charge is 0.308 e. The Morgan fingerprint density at radius 2 is 1.83 bits per heavy atom. The highest BCUT2D eigenvalue weighted by atomic mass is 32.2. The second kappa shape index (κ2) is 7.59. The van der Waals surface area contributed by atoms with Gasteiger partial charge in [0, 0.05) is 12.8 Å². The molecule has 0 saturated heterocycles. The molecule has 1 unspecified atom stereocenters. The lowest BCUT2D eigenvalue weighted by Gasteiger charge is -2.13. The highest BCUT2D eigenvalue weighted by Gasteiger charge is 2.20. The molecule has 2 rings (SSSR count). The van der Waals surface area contributed by atoms with Crippen LogP contribution in [-0.4, -0.2) is 38.2 Å². The highest BCUT2D eigenvalue weighted by Crippen LogP contribution is 2.21. The van der Waals surface area contributed by atoms with E-state index < -0.39 is 27.6 Å². The van der Waals surface area contributed by atoms with Gasteiger partial charge < -0.3 is 10.4 Å². The number of sulfone groups is 1. The van der Waals surface area contributed by atoms with Crippen LogP contribution in [0.2, 0.25) is 0 Å². The van der Waals surface area contributed by atoms with Crippen molar-refractivity contribution >= 4 is 33.1 Å². The summed E-state index contributed by atoms with van der Waals surface area (Å²) in [5.74, 6) is -2.23. The topological polar surface area (TPSA) is 101 Å². The van der Waals surface area contributed by atoms with E-state index in [0.29, 0.717) is 6.42 Å². The van der Waals surface area contributed by atoms with Crippen LogP contribution in [0.3, 0.4) is 0 Å². The van der Waals surface area contributed by atoms with E-state index in [0.717, 1.165) is 23.2 Å². The van der Waals surface area contributed by atoms with Crippen molar-refractivity contribution in [2.45, 2.75) is 10.6 Å². The van der Waals surface area contributed by atoms with Gasteiger partial charge in [-0.3, -0.25) is 9.59 Å². The molecule has 0 radical (unpaired) electrons. The van der Waals surface area contributed by atoms with Gasteiger partial charge in [-0.2, -0.15) is 0 Å². The largest absolute Gasteiger partial charge is 0.481 e. The molecule has 0 aliphatic heterocycles. The first-order chi connectivity index (χ1) is 11.3. The second-order valence-electron chi connectivity index (χ2n) is 5.33. The lowest BCUT2D eigenvalue weighted by Crippen LogP contribution is -2.33. The average molecular weight is 367 g/mol. The normalized spacial score (nSPS) is 12.5. The first-order valence-corrected chi connectivity index (χ1v) is 9.83. The number of thiophene rings is 1. The monoisotopic (exact) mass is 367 g/mol. The first kappa shape index (κ1) is 18.2. The van der Waals surface area contributed by atoms with Crippen molar-refractivity contribution in [3.8, 4) is 0 Å². The van der Waals surface area contributed by atoms with E-state index in [1.165, 1.54) is 12.1 Å². The number of carboxylic acid groups (broad SMARTS) is 1. The minimum Gasteiger partial charge on any atom is -0.481 e. The third kappa shape index (κ3) is 4.90. The number of rotatable bonds is 7. The molecule has 1 amide bonds. The van der Waals surface area contributed by atoms with Crippen LogP contribution < -0.4 is 5.32 Å². The number of hydrogen-bond acceptors (Lipinski definition) is 5. The molecule has 0 fully saturated rings. The van der Waals surface area contributed by atoms with Gasteiger partial charge in [0.2, 0.25) is 0 Å². The van der Waals surface area contributed by atoms with Crippen molar-refractivity contribution in [2.24, 2.45) is 5.92 Å². The maximum atomic E-state index is 12.1. The molecule has 6 nitrogen and oxygen atoms in total. The lowest BCUT2D eigenvalue weighted by atomic mass is 9.99. The van der Waals surface area contributed by atoms with Gasteiger partial charge in [0.05, 0.1) is 10.8 Å². The Labute approximate surface area is 144 Å². The molecule has 2 aromatic rings. The summed E-state index contributed by atoms with van der Waals surface area (Å²) in [5.41, 5.74) is 0.870. The van der Waals surface area contributed by atoms with Gasteiger partial charge in [-0.15, -0.1) is 11.3 Å². The molecule has 8 heteroatoms. The van der Waals surface area contributed by atoms with Gasteiger partial charge in [-0.25, -0.2) is 8.42 Å². The van der Waals surface area contributed by atoms with E-state index in [1.54, 1.807) is 0 Å². The molecule has 2 N–H and O–H groups in total. The summed E-state index contributed by atoms with van der Waals surface area (Å²) in [5, 5.41) is 11.9. The van der Waals surface area contributed by atoms with Crippen LogP contribution in [0.25, 0.3) is 0 Å². The van der Waals surface area contributed by atoms with Crippen LogP contribution >= 0.6 is 11.3 Å². The molecule has 0 spiro atoms. The van der Waals surface area contributed by atoms with E-state index >= 15 is 0 Å². The zero-order valence-corrected chi connectivity index (χ0v) is 14.6. The summed E-state index contributed by atoms with van der Waals surface area (Å²) < 4.78 is 23.0. The second-order valence-corrected chi connectivity index (χ2v) is 8.65. The molecular weight excluding hydrogens is 350 g/mol. The molecular formula is C16H17NO5S2. The summed E-state index contributed by atoms with van der Waals surface area (Å²) in [7, 11) is -3.36. The van der Waals surface area contributed by atoms with E-state index in [-0.39, 0.29) is 15.6 Å². The zero-order chi connectivity index (χ0) is 17.7. The molecule has 1 aromatic carbocycles. The fraction of sp³-hybridized carbons (Fsp3) is 0.250. The third-order valence-electron chi connectivity index (χ3n) is 3.35. The molecule has 0 aliphatic carbocycles. The van der Waals surface area contributed by atoms with Crippen LogP contribution in [0.4, 0.5) is 0 Å². The molecule has 128 valence electrons. The Kier molecular flexibility index (Phi) is 5.74. The maximum absolute atomic E-state index is 12.1. The predicted molar refractivity (Wildman–Crippen MR) is 91.0 cm³/mol. The Bertz CT molecular complexity index is 827. The summed E-state index contributed by atoms with van der Waals surface area (Å²) in [6.45, 7) is -0.0326. The summed E-state index contributed by atoms with van der Waals surface area (Å²) >= 11 is 0.865.